The van der Waals surface area contributed by atoms with Crippen LogP contribution in [0.4, 0.5) is 0 Å². The van der Waals surface area contributed by atoms with Crippen molar-refractivity contribution in [3.8, 4) is 5.75 Å². The van der Waals surface area contributed by atoms with Crippen molar-refractivity contribution in [3.63, 3.8) is 0 Å². The molecule has 0 unspecified atom stereocenters. The number of carbonyl (C=O) groups is 1. The van der Waals surface area contributed by atoms with Gasteiger partial charge in [0, 0.05) is 12.6 Å². The quantitative estimate of drug-likeness (QED) is 0.571. The number of para-hydroxylation sites is 1. The summed E-state index contributed by atoms with van der Waals surface area (Å²) in [7, 11) is 1.62. The van der Waals surface area contributed by atoms with Crippen LogP contribution in [0.15, 0.2) is 24.3 Å². The van der Waals surface area contributed by atoms with Gasteiger partial charge in [0.1, 0.15) is 0 Å². The third-order valence-corrected chi connectivity index (χ3v) is 1.90. The summed E-state index contributed by atoms with van der Waals surface area (Å²) in [5.74, 6) is 0.772. The predicted octanol–water partition coefficient (Wildman–Crippen LogP) is 0.995. The predicted molar refractivity (Wildman–Crippen MR) is 43.5 cm³/mol. The average molecular weight is 163 g/mol. The van der Waals surface area contributed by atoms with Crippen LogP contribution >= 0.6 is 0 Å². The molecule has 0 saturated heterocycles. The molecule has 0 atom stereocenters. The first-order chi connectivity index (χ1) is 5.77. The third-order valence-electron chi connectivity index (χ3n) is 1.90. The molecule has 0 aromatic heterocycles. The maximum atomic E-state index is 11.2. The SMILES string of the molecule is CN1Oc2ccccc2CC1=O. The lowest BCUT2D eigenvalue weighted by Crippen LogP contribution is -2.35. The van der Waals surface area contributed by atoms with Gasteiger partial charge in [0.2, 0.25) is 0 Å². The van der Waals surface area contributed by atoms with E-state index in [1.54, 1.807) is 7.05 Å². The molecule has 1 amide bonds. The van der Waals surface area contributed by atoms with E-state index in [-0.39, 0.29) is 5.91 Å². The highest BCUT2D eigenvalue weighted by atomic mass is 16.7. The Hall–Kier alpha value is -1.51. The number of hydroxylamine groups is 2. The van der Waals surface area contributed by atoms with Crippen LogP contribution in [0.3, 0.4) is 0 Å². The van der Waals surface area contributed by atoms with Gasteiger partial charge in [-0.1, -0.05) is 18.2 Å². The Bertz CT molecular complexity index is 322. The molecule has 1 heterocycles. The number of fused-ring (bicyclic) bond motifs is 1. The Kier molecular flexibility index (Phi) is 1.50. The van der Waals surface area contributed by atoms with Crippen LogP contribution in [0.1, 0.15) is 5.56 Å². The van der Waals surface area contributed by atoms with Crippen LogP contribution in [-0.2, 0) is 11.2 Å². The Morgan fingerprint density at radius 3 is 3.00 bits per heavy atom. The molecule has 0 aliphatic carbocycles. The van der Waals surface area contributed by atoms with E-state index in [9.17, 15) is 4.79 Å². The fraction of sp³-hybridized carbons (Fsp3) is 0.222. The van der Waals surface area contributed by atoms with E-state index in [2.05, 4.69) is 0 Å². The van der Waals surface area contributed by atoms with Gasteiger partial charge in [-0.05, 0) is 6.07 Å². The number of amides is 1. The zero-order valence-corrected chi connectivity index (χ0v) is 6.78. The van der Waals surface area contributed by atoms with Crippen LogP contribution in [0.25, 0.3) is 0 Å². The largest absolute Gasteiger partial charge is 0.377 e. The van der Waals surface area contributed by atoms with Gasteiger partial charge in [0.25, 0.3) is 5.91 Å². The molecule has 3 nitrogen and oxygen atoms in total. The molecule has 3 heteroatoms. The molecule has 62 valence electrons. The summed E-state index contributed by atoms with van der Waals surface area (Å²) in [5, 5.41) is 1.27. The van der Waals surface area contributed by atoms with Crippen LogP contribution in [0, 0.1) is 0 Å². The molecule has 1 aromatic rings. The van der Waals surface area contributed by atoms with Gasteiger partial charge in [-0.15, -0.1) is 0 Å². The second kappa shape index (κ2) is 2.52. The van der Waals surface area contributed by atoms with E-state index in [1.807, 2.05) is 24.3 Å². The zero-order chi connectivity index (χ0) is 8.55. The van der Waals surface area contributed by atoms with Crippen molar-refractivity contribution >= 4 is 5.91 Å². The Balaban J connectivity index is 2.40. The highest BCUT2D eigenvalue weighted by molar-refractivity contribution is 5.79. The smallest absolute Gasteiger partial charge is 0.259 e. The molecule has 1 aromatic carbocycles. The van der Waals surface area contributed by atoms with E-state index in [4.69, 9.17) is 4.84 Å². The lowest BCUT2D eigenvalue weighted by molar-refractivity contribution is -0.154. The molecule has 0 radical (unpaired) electrons. The first-order valence-electron chi connectivity index (χ1n) is 3.80. The van der Waals surface area contributed by atoms with Crippen molar-refractivity contribution in [1.29, 1.82) is 0 Å². The van der Waals surface area contributed by atoms with Gasteiger partial charge in [0.15, 0.2) is 5.75 Å². The number of likely N-dealkylation sites (N-methyl/N-ethyl adjacent to an activating group) is 1. The first kappa shape index (κ1) is 7.16. The van der Waals surface area contributed by atoms with Gasteiger partial charge < -0.3 is 4.84 Å². The fourth-order valence-electron chi connectivity index (χ4n) is 1.21. The lowest BCUT2D eigenvalue weighted by atomic mass is 10.1. The number of rotatable bonds is 0. The normalized spacial score (nSPS) is 15.4. The summed E-state index contributed by atoms with van der Waals surface area (Å²) < 4.78 is 0. The maximum absolute atomic E-state index is 11.2. The summed E-state index contributed by atoms with van der Waals surface area (Å²) in [6.07, 6.45) is 0.437. The number of hydrogen-bond acceptors (Lipinski definition) is 2. The minimum absolute atomic E-state index is 0.00583. The van der Waals surface area contributed by atoms with Crippen molar-refractivity contribution in [2.75, 3.05) is 7.05 Å². The van der Waals surface area contributed by atoms with Crippen LogP contribution in [0.5, 0.6) is 5.75 Å². The molecule has 0 spiro atoms. The summed E-state index contributed by atoms with van der Waals surface area (Å²) in [6, 6.07) is 7.56. The van der Waals surface area contributed by atoms with Crippen molar-refractivity contribution in [1.82, 2.24) is 5.06 Å². The van der Waals surface area contributed by atoms with Gasteiger partial charge in [-0.3, -0.25) is 4.79 Å². The van der Waals surface area contributed by atoms with E-state index in [1.165, 1.54) is 5.06 Å². The Labute approximate surface area is 70.5 Å². The van der Waals surface area contributed by atoms with Crippen molar-refractivity contribution in [2.24, 2.45) is 0 Å². The second-order valence-electron chi connectivity index (χ2n) is 2.77. The first-order valence-corrected chi connectivity index (χ1v) is 3.80. The standard InChI is InChI=1S/C9H9NO2/c1-10-9(11)6-7-4-2-3-5-8(7)12-10/h2-5H,6H2,1H3. The molecular weight excluding hydrogens is 154 g/mol. The molecule has 1 aliphatic heterocycles. The van der Waals surface area contributed by atoms with E-state index in [0.717, 1.165) is 11.3 Å². The molecule has 2 rings (SSSR count). The highest BCUT2D eigenvalue weighted by Gasteiger charge is 2.20. The van der Waals surface area contributed by atoms with Crippen LogP contribution < -0.4 is 4.84 Å². The van der Waals surface area contributed by atoms with Crippen molar-refractivity contribution < 1.29 is 9.63 Å². The summed E-state index contributed by atoms with van der Waals surface area (Å²) in [5.41, 5.74) is 0.959. The number of carbonyl (C=O) groups excluding carboxylic acids is 1. The molecule has 1 aliphatic rings. The molecule has 0 N–H and O–H groups in total. The van der Waals surface area contributed by atoms with Gasteiger partial charge in [-0.2, -0.15) is 5.06 Å². The Morgan fingerprint density at radius 1 is 1.42 bits per heavy atom. The lowest BCUT2D eigenvalue weighted by Gasteiger charge is -2.24. The molecule has 0 saturated carbocycles. The number of benzene rings is 1. The average Bonchev–Trinajstić information content (AvgIpc) is 2.07. The van der Waals surface area contributed by atoms with Gasteiger partial charge >= 0.3 is 0 Å². The highest BCUT2D eigenvalue weighted by Crippen LogP contribution is 2.23. The molecule has 0 fully saturated rings. The molecular formula is C9H9NO2. The second-order valence-corrected chi connectivity index (χ2v) is 2.77. The maximum Gasteiger partial charge on any atom is 0.259 e. The summed E-state index contributed by atoms with van der Waals surface area (Å²) in [6.45, 7) is 0. The topological polar surface area (TPSA) is 29.5 Å². The van der Waals surface area contributed by atoms with E-state index >= 15 is 0 Å². The van der Waals surface area contributed by atoms with Crippen molar-refractivity contribution in [3.05, 3.63) is 29.8 Å². The minimum atomic E-state index is -0.00583. The minimum Gasteiger partial charge on any atom is -0.377 e. The molecule has 12 heavy (non-hydrogen) atoms. The van der Waals surface area contributed by atoms with E-state index in [0.29, 0.717) is 6.42 Å². The zero-order valence-electron chi connectivity index (χ0n) is 6.78. The van der Waals surface area contributed by atoms with Crippen LogP contribution in [-0.4, -0.2) is 18.0 Å². The Morgan fingerprint density at radius 2 is 2.17 bits per heavy atom. The van der Waals surface area contributed by atoms with E-state index < -0.39 is 0 Å². The fourth-order valence-corrected chi connectivity index (χ4v) is 1.21. The summed E-state index contributed by atoms with van der Waals surface area (Å²) in [4.78, 5) is 16.4. The van der Waals surface area contributed by atoms with Gasteiger partial charge in [0.05, 0.1) is 6.42 Å². The number of hydrogen-bond donors (Lipinski definition) is 0. The monoisotopic (exact) mass is 163 g/mol. The number of nitrogens with zero attached hydrogens (tertiary/aromatic N) is 1. The third kappa shape index (κ3) is 1.03. The van der Waals surface area contributed by atoms with Gasteiger partial charge in [-0.25, -0.2) is 0 Å². The summed E-state index contributed by atoms with van der Waals surface area (Å²) >= 11 is 0. The molecule has 0 bridgehead atoms. The van der Waals surface area contributed by atoms with Crippen LogP contribution in [0.2, 0.25) is 0 Å². The van der Waals surface area contributed by atoms with Crippen molar-refractivity contribution in [2.45, 2.75) is 6.42 Å².